The van der Waals surface area contributed by atoms with Gasteiger partial charge in [0.25, 0.3) is 0 Å². The summed E-state index contributed by atoms with van der Waals surface area (Å²) in [4.78, 5) is 0. The Morgan fingerprint density at radius 2 is 1.10 bits per heavy atom. The molecule has 0 amide bonds. The molecular weight excluding hydrogens is 519 g/mol. The highest BCUT2D eigenvalue weighted by molar-refractivity contribution is 9.10. The monoisotopic (exact) mass is 534 g/mol. The van der Waals surface area contributed by atoms with E-state index in [1.807, 2.05) is 72.8 Å². The summed E-state index contributed by atoms with van der Waals surface area (Å²) in [6.45, 7) is 0. The lowest BCUT2D eigenvalue weighted by atomic mass is 9.96. The summed E-state index contributed by atoms with van der Waals surface area (Å²) < 4.78 is 17.1. The van der Waals surface area contributed by atoms with Gasteiger partial charge in [-0.25, -0.2) is 0 Å². The highest BCUT2D eigenvalue weighted by Crippen LogP contribution is 2.65. The van der Waals surface area contributed by atoms with Crippen LogP contribution in [0.1, 0.15) is 16.7 Å². The molecule has 1 unspecified atom stereocenters. The van der Waals surface area contributed by atoms with Gasteiger partial charge in [-0.15, -0.1) is 0 Å². The lowest BCUT2D eigenvalue weighted by molar-refractivity contribution is 0.593. The quantitative estimate of drug-likeness (QED) is 0.249. The van der Waals surface area contributed by atoms with Gasteiger partial charge in [0.1, 0.15) is 0 Å². The zero-order valence-corrected chi connectivity index (χ0v) is 20.0. The van der Waals surface area contributed by atoms with Gasteiger partial charge >= 0.3 is 0 Å². The van der Waals surface area contributed by atoms with Crippen LogP contribution in [0.15, 0.2) is 112 Å². The molecule has 0 aromatic heterocycles. The lowest BCUT2D eigenvalue weighted by Crippen LogP contribution is -2.15. The smallest absolute Gasteiger partial charge is 0.172 e. The molecule has 1 heterocycles. The van der Waals surface area contributed by atoms with Crippen LogP contribution in [-0.2, 0) is 4.57 Å². The van der Waals surface area contributed by atoms with E-state index in [0.29, 0.717) is 0 Å². The van der Waals surface area contributed by atoms with Crippen LogP contribution >= 0.6 is 39.0 Å². The van der Waals surface area contributed by atoms with Gasteiger partial charge < -0.3 is 4.57 Å². The summed E-state index contributed by atoms with van der Waals surface area (Å²) in [6, 6.07) is 34.4. The highest BCUT2D eigenvalue weighted by Gasteiger charge is 2.43. The lowest BCUT2D eigenvalue weighted by Gasteiger charge is -2.19. The first-order valence-electron chi connectivity index (χ1n) is 9.61. The Kier molecular flexibility index (Phi) is 5.14. The van der Waals surface area contributed by atoms with Crippen molar-refractivity contribution in [3.8, 4) is 0 Å². The van der Waals surface area contributed by atoms with Crippen LogP contribution in [0.5, 0.6) is 0 Å². The maximum atomic E-state index is 15.0. The molecule has 4 heteroatoms. The number of fused-ring (bicyclic) bond motifs is 1. The highest BCUT2D eigenvalue weighted by atomic mass is 79.9. The minimum atomic E-state index is -3.04. The Morgan fingerprint density at radius 3 is 1.73 bits per heavy atom. The Bertz CT molecular complexity index is 1310. The van der Waals surface area contributed by atoms with Gasteiger partial charge in [-0.3, -0.25) is 0 Å². The molecular formula is C26H17Br2OP. The second-order valence-corrected chi connectivity index (χ2v) is 11.7. The number of hydrogen-bond donors (Lipinski definition) is 0. The van der Waals surface area contributed by atoms with E-state index in [-0.39, 0.29) is 0 Å². The van der Waals surface area contributed by atoms with E-state index in [9.17, 15) is 0 Å². The summed E-state index contributed by atoms with van der Waals surface area (Å²) in [5.41, 5.74) is 4.15. The molecule has 30 heavy (non-hydrogen) atoms. The van der Waals surface area contributed by atoms with Crippen molar-refractivity contribution in [3.05, 3.63) is 129 Å². The van der Waals surface area contributed by atoms with Crippen LogP contribution in [-0.4, -0.2) is 0 Å². The van der Waals surface area contributed by atoms with Gasteiger partial charge in [0.05, 0.1) is 0 Å². The largest absolute Gasteiger partial charge is 0.309 e. The molecule has 0 aliphatic carbocycles. The minimum Gasteiger partial charge on any atom is -0.309 e. The molecule has 0 saturated carbocycles. The van der Waals surface area contributed by atoms with E-state index in [2.05, 4.69) is 62.2 Å². The minimum absolute atomic E-state index is 0.863. The van der Waals surface area contributed by atoms with Crippen LogP contribution in [0.2, 0.25) is 0 Å². The molecule has 1 aliphatic heterocycles. The third kappa shape index (κ3) is 3.17. The second kappa shape index (κ2) is 7.81. The third-order valence-corrected chi connectivity index (χ3v) is 9.70. The fraction of sp³-hybridized carbons (Fsp3) is 0. The van der Waals surface area contributed by atoms with Gasteiger partial charge in [0.15, 0.2) is 7.14 Å². The summed E-state index contributed by atoms with van der Waals surface area (Å²) in [6.07, 6.45) is 0. The van der Waals surface area contributed by atoms with Gasteiger partial charge in [-0.1, -0.05) is 111 Å². The number of rotatable bonds is 3. The van der Waals surface area contributed by atoms with Crippen LogP contribution in [0, 0.1) is 0 Å². The first kappa shape index (κ1) is 19.8. The maximum absolute atomic E-state index is 15.0. The molecule has 146 valence electrons. The van der Waals surface area contributed by atoms with Crippen molar-refractivity contribution >= 4 is 60.5 Å². The van der Waals surface area contributed by atoms with Crippen LogP contribution in [0.3, 0.4) is 0 Å². The van der Waals surface area contributed by atoms with Crippen molar-refractivity contribution in [2.45, 2.75) is 0 Å². The van der Waals surface area contributed by atoms with E-state index in [1.54, 1.807) is 0 Å². The fourth-order valence-corrected chi connectivity index (χ4v) is 7.91. The molecule has 0 N–H and O–H groups in total. The molecule has 4 aromatic rings. The molecule has 0 saturated heterocycles. The predicted molar refractivity (Wildman–Crippen MR) is 134 cm³/mol. The molecule has 4 aromatic carbocycles. The molecule has 5 rings (SSSR count). The second-order valence-electron chi connectivity index (χ2n) is 7.20. The van der Waals surface area contributed by atoms with Crippen molar-refractivity contribution in [1.82, 2.24) is 0 Å². The third-order valence-electron chi connectivity index (χ3n) is 5.43. The molecule has 0 bridgehead atoms. The first-order valence-corrected chi connectivity index (χ1v) is 12.9. The number of hydrogen-bond acceptors (Lipinski definition) is 1. The van der Waals surface area contributed by atoms with E-state index in [1.165, 1.54) is 0 Å². The molecule has 0 spiro atoms. The van der Waals surface area contributed by atoms with Crippen molar-refractivity contribution in [2.24, 2.45) is 0 Å². The van der Waals surface area contributed by atoms with E-state index < -0.39 is 7.14 Å². The normalized spacial score (nSPS) is 17.8. The van der Waals surface area contributed by atoms with Crippen molar-refractivity contribution in [2.75, 3.05) is 0 Å². The predicted octanol–water partition coefficient (Wildman–Crippen LogP) is 7.46. The summed E-state index contributed by atoms with van der Waals surface area (Å²) in [5, 5.41) is 2.68. The standard InChI is InChI=1S/C26H17Br2OP/c27-20-14-10-18(11-15-20)25-23-8-4-5-9-24(23)30(29,22-6-2-1-3-7-22)26(25)19-12-16-21(28)17-13-19/h1-17H. The van der Waals surface area contributed by atoms with Crippen molar-refractivity contribution < 1.29 is 4.57 Å². The molecule has 1 aliphatic rings. The van der Waals surface area contributed by atoms with Crippen LogP contribution < -0.4 is 10.6 Å². The molecule has 1 atom stereocenters. The van der Waals surface area contributed by atoms with Gasteiger partial charge in [-0.2, -0.15) is 0 Å². The summed E-state index contributed by atoms with van der Waals surface area (Å²) >= 11 is 7.07. The number of benzene rings is 4. The summed E-state index contributed by atoms with van der Waals surface area (Å²) in [5.74, 6) is 0. The fourth-order valence-electron chi connectivity index (χ4n) is 4.11. The Hall–Kier alpha value is -2.19. The van der Waals surface area contributed by atoms with Gasteiger partial charge in [0, 0.05) is 30.4 Å². The molecule has 1 nitrogen and oxygen atoms in total. The average molecular weight is 536 g/mol. The maximum Gasteiger partial charge on any atom is 0.172 e. The zero-order valence-electron chi connectivity index (χ0n) is 15.9. The van der Waals surface area contributed by atoms with Crippen LogP contribution in [0.25, 0.3) is 10.9 Å². The topological polar surface area (TPSA) is 17.1 Å². The SMILES string of the molecule is O=P1(c2ccccc2)C(c2ccc(Br)cc2)=C(c2ccc(Br)cc2)c2ccccc21. The molecule has 0 radical (unpaired) electrons. The van der Waals surface area contributed by atoms with Crippen molar-refractivity contribution in [3.63, 3.8) is 0 Å². The Morgan fingerprint density at radius 1 is 0.567 bits per heavy atom. The van der Waals surface area contributed by atoms with Gasteiger partial charge in [0.2, 0.25) is 0 Å². The van der Waals surface area contributed by atoms with E-state index in [0.717, 1.165) is 47.1 Å². The van der Waals surface area contributed by atoms with Crippen LogP contribution in [0.4, 0.5) is 0 Å². The number of halogens is 2. The van der Waals surface area contributed by atoms with Crippen molar-refractivity contribution in [1.29, 1.82) is 0 Å². The Labute approximate surface area is 193 Å². The van der Waals surface area contributed by atoms with E-state index in [4.69, 9.17) is 0 Å². The average Bonchev–Trinajstić information content (AvgIpc) is 3.06. The zero-order chi connectivity index (χ0) is 20.7. The van der Waals surface area contributed by atoms with E-state index >= 15 is 4.57 Å². The molecule has 0 fully saturated rings. The Balaban J connectivity index is 1.91. The van der Waals surface area contributed by atoms with Gasteiger partial charge in [-0.05, 0) is 41.0 Å². The summed E-state index contributed by atoms with van der Waals surface area (Å²) in [7, 11) is -3.04. The first-order chi connectivity index (χ1) is 14.6.